The molecular weight excluding hydrogens is 268 g/mol. The molecular formula is C12H17BrN2O. The van der Waals surface area contributed by atoms with Crippen LogP contribution in [0.25, 0.3) is 0 Å². The highest BCUT2D eigenvalue weighted by Gasteiger charge is 2.30. The lowest BCUT2D eigenvalue weighted by atomic mass is 9.94. The maximum absolute atomic E-state index is 5.59. The lowest BCUT2D eigenvalue weighted by Crippen LogP contribution is -2.47. The molecule has 0 bridgehead atoms. The first-order valence-corrected chi connectivity index (χ1v) is 6.33. The fourth-order valence-corrected chi connectivity index (χ4v) is 2.52. The van der Waals surface area contributed by atoms with E-state index in [1.807, 2.05) is 12.4 Å². The molecule has 1 aliphatic heterocycles. The van der Waals surface area contributed by atoms with Crippen LogP contribution in [-0.4, -0.2) is 30.8 Å². The lowest BCUT2D eigenvalue weighted by Gasteiger charge is -2.40. The number of methoxy groups -OCH3 is 1. The third-order valence-corrected chi connectivity index (χ3v) is 3.64. The van der Waals surface area contributed by atoms with Crippen LogP contribution in [0.1, 0.15) is 19.8 Å². The molecule has 1 aromatic rings. The summed E-state index contributed by atoms with van der Waals surface area (Å²) in [6.07, 6.45) is 6.01. The van der Waals surface area contributed by atoms with Gasteiger partial charge in [-0.25, -0.2) is 0 Å². The minimum Gasteiger partial charge on any atom is -0.377 e. The molecule has 0 aromatic carbocycles. The molecule has 1 aliphatic rings. The van der Waals surface area contributed by atoms with E-state index in [1.54, 1.807) is 7.11 Å². The number of piperidine rings is 1. The van der Waals surface area contributed by atoms with E-state index in [1.165, 1.54) is 0 Å². The zero-order valence-electron chi connectivity index (χ0n) is 9.74. The van der Waals surface area contributed by atoms with Crippen molar-refractivity contribution >= 4 is 21.6 Å². The molecule has 16 heavy (non-hydrogen) atoms. The molecule has 1 atom stereocenters. The Morgan fingerprint density at radius 2 is 2.31 bits per heavy atom. The van der Waals surface area contributed by atoms with Crippen LogP contribution in [0, 0.1) is 0 Å². The van der Waals surface area contributed by atoms with Crippen LogP contribution >= 0.6 is 15.9 Å². The summed E-state index contributed by atoms with van der Waals surface area (Å²) < 4.78 is 6.61. The number of hydrogen-bond donors (Lipinski definition) is 0. The smallest absolute Gasteiger partial charge is 0.0825 e. The molecule has 1 aromatic heterocycles. The SMILES string of the molecule is CO[C@]1(C)CCCN(c2cncc(Br)c2)C1. The van der Waals surface area contributed by atoms with Crippen molar-refractivity contribution in [1.82, 2.24) is 4.98 Å². The highest BCUT2D eigenvalue weighted by atomic mass is 79.9. The van der Waals surface area contributed by atoms with E-state index < -0.39 is 0 Å². The van der Waals surface area contributed by atoms with Crippen molar-refractivity contribution in [3.63, 3.8) is 0 Å². The van der Waals surface area contributed by atoms with Gasteiger partial charge in [0.15, 0.2) is 0 Å². The van der Waals surface area contributed by atoms with Gasteiger partial charge in [0.1, 0.15) is 0 Å². The van der Waals surface area contributed by atoms with Gasteiger partial charge in [-0.1, -0.05) is 0 Å². The standard InChI is InChI=1S/C12H17BrN2O/c1-12(16-2)4-3-5-15(9-12)11-6-10(13)7-14-8-11/h6-8H,3-5,9H2,1-2H3/t12-/m1/s1. The lowest BCUT2D eigenvalue weighted by molar-refractivity contribution is -0.00466. The van der Waals surface area contributed by atoms with Crippen molar-refractivity contribution in [3.05, 3.63) is 22.9 Å². The zero-order valence-corrected chi connectivity index (χ0v) is 11.3. The molecule has 3 nitrogen and oxygen atoms in total. The predicted molar refractivity (Wildman–Crippen MR) is 68.8 cm³/mol. The van der Waals surface area contributed by atoms with Gasteiger partial charge >= 0.3 is 0 Å². The minimum atomic E-state index is -0.0272. The number of aromatic nitrogens is 1. The van der Waals surface area contributed by atoms with Gasteiger partial charge in [0.05, 0.1) is 17.5 Å². The summed E-state index contributed by atoms with van der Waals surface area (Å²) in [7, 11) is 1.79. The summed E-state index contributed by atoms with van der Waals surface area (Å²) in [4.78, 5) is 6.54. The Morgan fingerprint density at radius 3 is 3.00 bits per heavy atom. The molecule has 88 valence electrons. The molecule has 0 spiro atoms. The third kappa shape index (κ3) is 2.55. The van der Waals surface area contributed by atoms with Crippen LogP contribution in [0.5, 0.6) is 0 Å². The molecule has 0 radical (unpaired) electrons. The van der Waals surface area contributed by atoms with E-state index in [2.05, 4.69) is 38.8 Å². The van der Waals surface area contributed by atoms with Crippen LogP contribution in [0.2, 0.25) is 0 Å². The fraction of sp³-hybridized carbons (Fsp3) is 0.583. The maximum Gasteiger partial charge on any atom is 0.0825 e. The van der Waals surface area contributed by atoms with Gasteiger partial charge in [0.2, 0.25) is 0 Å². The average Bonchev–Trinajstić information content (AvgIpc) is 2.29. The van der Waals surface area contributed by atoms with Crippen molar-refractivity contribution < 1.29 is 4.74 Å². The number of anilines is 1. The van der Waals surface area contributed by atoms with Crippen LogP contribution in [0.4, 0.5) is 5.69 Å². The van der Waals surface area contributed by atoms with Crippen molar-refractivity contribution in [2.45, 2.75) is 25.4 Å². The van der Waals surface area contributed by atoms with Crippen molar-refractivity contribution in [2.75, 3.05) is 25.1 Å². The Morgan fingerprint density at radius 1 is 1.50 bits per heavy atom. The molecule has 4 heteroatoms. The first kappa shape index (κ1) is 11.9. The summed E-state index contributed by atoms with van der Waals surface area (Å²) in [6, 6.07) is 2.11. The van der Waals surface area contributed by atoms with E-state index in [4.69, 9.17) is 4.74 Å². The first-order valence-electron chi connectivity index (χ1n) is 5.54. The van der Waals surface area contributed by atoms with Gasteiger partial charge in [0, 0.05) is 30.9 Å². The summed E-state index contributed by atoms with van der Waals surface area (Å²) in [6.45, 7) is 4.18. The normalized spacial score (nSPS) is 25.8. The van der Waals surface area contributed by atoms with E-state index in [0.29, 0.717) is 0 Å². The van der Waals surface area contributed by atoms with E-state index >= 15 is 0 Å². The minimum absolute atomic E-state index is 0.0272. The molecule has 2 heterocycles. The highest BCUT2D eigenvalue weighted by molar-refractivity contribution is 9.10. The number of ether oxygens (including phenoxy) is 1. The summed E-state index contributed by atoms with van der Waals surface area (Å²) in [5.74, 6) is 0. The van der Waals surface area contributed by atoms with Gasteiger partial charge < -0.3 is 9.64 Å². The molecule has 0 N–H and O–H groups in total. The topological polar surface area (TPSA) is 25.4 Å². The van der Waals surface area contributed by atoms with Gasteiger partial charge in [-0.3, -0.25) is 4.98 Å². The second kappa shape index (κ2) is 4.72. The van der Waals surface area contributed by atoms with E-state index in [-0.39, 0.29) is 5.60 Å². The van der Waals surface area contributed by atoms with Crippen LogP contribution < -0.4 is 4.90 Å². The van der Waals surface area contributed by atoms with Crippen LogP contribution in [-0.2, 0) is 4.74 Å². The van der Waals surface area contributed by atoms with Gasteiger partial charge in [-0.2, -0.15) is 0 Å². The quantitative estimate of drug-likeness (QED) is 0.835. The molecule has 1 fully saturated rings. The Bertz CT molecular complexity index is 372. The molecule has 0 unspecified atom stereocenters. The Hall–Kier alpha value is -0.610. The van der Waals surface area contributed by atoms with Crippen molar-refractivity contribution in [1.29, 1.82) is 0 Å². The summed E-state index contributed by atoms with van der Waals surface area (Å²) >= 11 is 3.45. The second-order valence-electron chi connectivity index (χ2n) is 4.54. The molecule has 0 saturated carbocycles. The number of pyridine rings is 1. The zero-order chi connectivity index (χ0) is 11.6. The first-order chi connectivity index (χ1) is 7.63. The third-order valence-electron chi connectivity index (χ3n) is 3.21. The monoisotopic (exact) mass is 284 g/mol. The van der Waals surface area contributed by atoms with Crippen LogP contribution in [0.3, 0.4) is 0 Å². The molecule has 0 aliphatic carbocycles. The van der Waals surface area contributed by atoms with Crippen LogP contribution in [0.15, 0.2) is 22.9 Å². The Labute approximate surface area is 105 Å². The fourth-order valence-electron chi connectivity index (χ4n) is 2.17. The predicted octanol–water partition coefficient (Wildman–Crippen LogP) is 2.85. The maximum atomic E-state index is 5.59. The summed E-state index contributed by atoms with van der Waals surface area (Å²) in [5.41, 5.74) is 1.14. The Kier molecular flexibility index (Phi) is 3.50. The van der Waals surface area contributed by atoms with Gasteiger partial charge in [0.25, 0.3) is 0 Å². The number of nitrogens with zero attached hydrogens (tertiary/aromatic N) is 2. The average molecular weight is 285 g/mol. The van der Waals surface area contributed by atoms with E-state index in [9.17, 15) is 0 Å². The number of rotatable bonds is 2. The van der Waals surface area contributed by atoms with E-state index in [0.717, 1.165) is 36.1 Å². The second-order valence-corrected chi connectivity index (χ2v) is 5.46. The molecule has 0 amide bonds. The van der Waals surface area contributed by atoms with Crippen molar-refractivity contribution in [2.24, 2.45) is 0 Å². The van der Waals surface area contributed by atoms with Gasteiger partial charge in [-0.05, 0) is 41.8 Å². The van der Waals surface area contributed by atoms with Gasteiger partial charge in [-0.15, -0.1) is 0 Å². The molecule has 2 rings (SSSR count). The number of halogens is 1. The highest BCUT2D eigenvalue weighted by Crippen LogP contribution is 2.28. The Balaban J connectivity index is 2.16. The summed E-state index contributed by atoms with van der Waals surface area (Å²) in [5, 5.41) is 0. The largest absolute Gasteiger partial charge is 0.377 e. The molecule has 1 saturated heterocycles. The van der Waals surface area contributed by atoms with Crippen molar-refractivity contribution in [3.8, 4) is 0 Å². The number of hydrogen-bond acceptors (Lipinski definition) is 3.